The van der Waals surface area contributed by atoms with Gasteiger partial charge in [-0.05, 0) is 18.6 Å². The van der Waals surface area contributed by atoms with E-state index in [1.165, 1.54) is 24.3 Å². The quantitative estimate of drug-likeness (QED) is 0.268. The molecule has 0 aromatic heterocycles. The Kier molecular flexibility index (Phi) is 7.79. The third-order valence-corrected chi connectivity index (χ3v) is 4.00. The van der Waals surface area contributed by atoms with Crippen LogP contribution in [0.5, 0.6) is 0 Å². The summed E-state index contributed by atoms with van der Waals surface area (Å²) < 4.78 is 9.03. The van der Waals surface area contributed by atoms with Crippen LogP contribution in [0.15, 0.2) is 48.5 Å². The highest BCUT2D eigenvalue weighted by Gasteiger charge is 2.27. The van der Waals surface area contributed by atoms with E-state index in [9.17, 15) is 39.4 Å². The zero-order chi connectivity index (χ0) is 23.8. The number of para-hydroxylation sites is 2. The fourth-order valence-electron chi connectivity index (χ4n) is 2.43. The number of hydrogen-bond donors (Lipinski definition) is 1. The van der Waals surface area contributed by atoms with Crippen molar-refractivity contribution < 1.29 is 38.5 Å². The highest BCUT2D eigenvalue weighted by molar-refractivity contribution is 6.01. The molecule has 13 nitrogen and oxygen atoms in total. The van der Waals surface area contributed by atoms with Gasteiger partial charge in [0.25, 0.3) is 11.4 Å². The van der Waals surface area contributed by atoms with Crippen LogP contribution in [0.4, 0.5) is 11.4 Å². The average Bonchev–Trinajstić information content (AvgIpc) is 2.77. The molecule has 32 heavy (non-hydrogen) atoms. The molecule has 166 valence electrons. The summed E-state index contributed by atoms with van der Waals surface area (Å²) in [6.07, 6.45) is -0.950. The van der Waals surface area contributed by atoms with Crippen LogP contribution in [0.25, 0.3) is 0 Å². The number of ether oxygens (including phenoxy) is 2. The van der Waals surface area contributed by atoms with E-state index in [2.05, 4.69) is 9.47 Å². The van der Waals surface area contributed by atoms with Gasteiger partial charge >= 0.3 is 23.9 Å². The van der Waals surface area contributed by atoms with Crippen LogP contribution in [0, 0.1) is 20.2 Å². The lowest BCUT2D eigenvalue weighted by Gasteiger charge is -2.10. The van der Waals surface area contributed by atoms with E-state index < -0.39 is 75.1 Å². The Morgan fingerprint density at radius 1 is 0.812 bits per heavy atom. The van der Waals surface area contributed by atoms with E-state index in [1.54, 1.807) is 0 Å². The third kappa shape index (κ3) is 5.99. The summed E-state index contributed by atoms with van der Waals surface area (Å²) in [5.74, 6) is -4.94. The van der Waals surface area contributed by atoms with Crippen molar-refractivity contribution in [3.63, 3.8) is 0 Å². The predicted molar refractivity (Wildman–Crippen MR) is 104 cm³/mol. The number of carbonyl (C=O) groups excluding carboxylic acids is 4. The van der Waals surface area contributed by atoms with Gasteiger partial charge in [-0.15, -0.1) is 0 Å². The van der Waals surface area contributed by atoms with Crippen molar-refractivity contribution in [3.8, 4) is 0 Å². The van der Waals surface area contributed by atoms with Gasteiger partial charge in [0.05, 0.1) is 9.85 Å². The fourth-order valence-corrected chi connectivity index (χ4v) is 2.43. The Morgan fingerprint density at radius 2 is 1.25 bits per heavy atom. The van der Waals surface area contributed by atoms with E-state index in [0.29, 0.717) is 0 Å². The average molecular weight is 445 g/mol. The summed E-state index contributed by atoms with van der Waals surface area (Å²) >= 11 is 0. The second-order valence-electron chi connectivity index (χ2n) is 6.16. The van der Waals surface area contributed by atoms with Crippen molar-refractivity contribution in [2.24, 2.45) is 5.73 Å². The van der Waals surface area contributed by atoms with Crippen LogP contribution in [0.1, 0.15) is 33.6 Å². The molecule has 0 amide bonds. The van der Waals surface area contributed by atoms with Gasteiger partial charge in [-0.1, -0.05) is 24.3 Å². The Hall–Kier alpha value is -4.52. The number of hydrogen-bond acceptors (Lipinski definition) is 11. The first kappa shape index (κ1) is 23.8. The molecule has 2 rings (SSSR count). The summed E-state index contributed by atoms with van der Waals surface area (Å²) in [5.41, 5.74) is 3.52. The van der Waals surface area contributed by atoms with Crippen LogP contribution in [0.2, 0.25) is 0 Å². The van der Waals surface area contributed by atoms with Gasteiger partial charge in [-0.2, -0.15) is 0 Å². The Balaban J connectivity index is 1.91. The van der Waals surface area contributed by atoms with E-state index >= 15 is 0 Å². The SMILES string of the molecule is NC(CCC(=O)OC(=O)c1ccccc1[N+](=O)[O-])C(=O)OC(=O)c1ccccc1[N+](=O)[O-]. The smallest absolute Gasteiger partial charge is 0.352 e. The standard InChI is InChI=1S/C19H15N3O10/c20-13(19(26)32-18(25)12-6-2-4-8-15(12)22(29)30)9-10-16(23)31-17(24)11-5-1-3-7-14(11)21(27)28/h1-8,13H,9-10,20H2. The molecule has 0 saturated carbocycles. The number of nitrogens with zero attached hydrogens (tertiary/aromatic N) is 2. The number of nitro groups is 2. The Labute approximate surface area is 179 Å². The highest BCUT2D eigenvalue weighted by atomic mass is 16.6. The maximum absolute atomic E-state index is 12.0. The summed E-state index contributed by atoms with van der Waals surface area (Å²) in [4.78, 5) is 68.0. The number of benzene rings is 2. The molecule has 0 spiro atoms. The second kappa shape index (κ2) is 10.5. The zero-order valence-electron chi connectivity index (χ0n) is 16.2. The molecular formula is C19H15N3O10. The monoisotopic (exact) mass is 445 g/mol. The molecule has 0 radical (unpaired) electrons. The minimum absolute atomic E-state index is 0.397. The number of rotatable bonds is 8. The van der Waals surface area contributed by atoms with Gasteiger partial charge in [0, 0.05) is 18.6 Å². The van der Waals surface area contributed by atoms with Gasteiger partial charge < -0.3 is 15.2 Å². The van der Waals surface area contributed by atoms with Gasteiger partial charge in [0.1, 0.15) is 17.2 Å². The lowest BCUT2D eigenvalue weighted by Crippen LogP contribution is -2.34. The van der Waals surface area contributed by atoms with E-state index in [4.69, 9.17) is 5.73 Å². The molecule has 1 atom stereocenters. The molecular weight excluding hydrogens is 430 g/mol. The minimum Gasteiger partial charge on any atom is -0.389 e. The molecule has 0 fully saturated rings. The first-order valence-electron chi connectivity index (χ1n) is 8.85. The van der Waals surface area contributed by atoms with Crippen LogP contribution in [-0.4, -0.2) is 39.8 Å². The minimum atomic E-state index is -1.49. The normalized spacial score (nSPS) is 11.2. The van der Waals surface area contributed by atoms with Crippen molar-refractivity contribution in [3.05, 3.63) is 79.9 Å². The van der Waals surface area contributed by atoms with E-state index in [1.807, 2.05) is 0 Å². The fraction of sp³-hybridized carbons (Fsp3) is 0.158. The molecule has 0 bridgehead atoms. The highest BCUT2D eigenvalue weighted by Crippen LogP contribution is 2.20. The summed E-state index contributed by atoms with van der Waals surface area (Å²) in [7, 11) is 0. The van der Waals surface area contributed by atoms with Crippen LogP contribution >= 0.6 is 0 Å². The molecule has 13 heteroatoms. The van der Waals surface area contributed by atoms with Gasteiger partial charge in [0.2, 0.25) is 0 Å². The molecule has 0 aliphatic carbocycles. The molecule has 0 aliphatic heterocycles. The number of nitro benzene ring substituents is 2. The van der Waals surface area contributed by atoms with Gasteiger partial charge in [-0.25, -0.2) is 14.4 Å². The lowest BCUT2D eigenvalue weighted by molar-refractivity contribution is -0.385. The van der Waals surface area contributed by atoms with Crippen molar-refractivity contribution in [1.29, 1.82) is 0 Å². The lowest BCUT2D eigenvalue weighted by atomic mass is 10.1. The number of nitrogens with two attached hydrogens (primary N) is 1. The number of esters is 4. The molecule has 1 unspecified atom stereocenters. The maximum atomic E-state index is 12.0. The van der Waals surface area contributed by atoms with E-state index in [0.717, 1.165) is 24.3 Å². The maximum Gasteiger partial charge on any atom is 0.352 e. The van der Waals surface area contributed by atoms with Crippen LogP contribution < -0.4 is 5.73 Å². The van der Waals surface area contributed by atoms with Crippen LogP contribution in [0.3, 0.4) is 0 Å². The molecule has 2 aromatic carbocycles. The second-order valence-corrected chi connectivity index (χ2v) is 6.16. The van der Waals surface area contributed by atoms with Gasteiger partial charge in [0.15, 0.2) is 0 Å². The van der Waals surface area contributed by atoms with Crippen molar-refractivity contribution in [1.82, 2.24) is 0 Å². The van der Waals surface area contributed by atoms with Crippen molar-refractivity contribution in [2.75, 3.05) is 0 Å². The largest absolute Gasteiger partial charge is 0.389 e. The predicted octanol–water partition coefficient (Wildman–Crippen LogP) is 1.68. The molecule has 2 aromatic rings. The summed E-state index contributed by atoms with van der Waals surface area (Å²) in [5, 5.41) is 21.9. The first-order chi connectivity index (χ1) is 15.1. The van der Waals surface area contributed by atoms with E-state index in [-0.39, 0.29) is 0 Å². The zero-order valence-corrected chi connectivity index (χ0v) is 16.2. The molecule has 2 N–H and O–H groups in total. The topological polar surface area (TPSA) is 199 Å². The molecule has 0 aliphatic rings. The van der Waals surface area contributed by atoms with Crippen LogP contribution in [-0.2, 0) is 19.1 Å². The summed E-state index contributed by atoms with van der Waals surface area (Å²) in [6.45, 7) is 0. The Bertz CT molecular complexity index is 1100. The Morgan fingerprint density at radius 3 is 1.72 bits per heavy atom. The van der Waals surface area contributed by atoms with Crippen molar-refractivity contribution in [2.45, 2.75) is 18.9 Å². The molecule has 0 saturated heterocycles. The number of carbonyl (C=O) groups is 4. The first-order valence-corrected chi connectivity index (χ1v) is 8.85. The van der Waals surface area contributed by atoms with Gasteiger partial charge in [-0.3, -0.25) is 25.0 Å². The summed E-state index contributed by atoms with van der Waals surface area (Å²) in [6, 6.07) is 8.12. The molecule has 0 heterocycles. The van der Waals surface area contributed by atoms with Crippen molar-refractivity contribution >= 4 is 35.3 Å². The third-order valence-electron chi connectivity index (χ3n) is 4.00.